The van der Waals surface area contributed by atoms with Crippen LogP contribution in [0.1, 0.15) is 0 Å². The molecule has 0 fully saturated rings. The van der Waals surface area contributed by atoms with Crippen LogP contribution in [0.4, 0.5) is 0 Å². The largest absolute Gasteiger partial charge is 0.187 e. The Morgan fingerprint density at radius 1 is 0.600 bits per heavy atom. The van der Waals surface area contributed by atoms with Gasteiger partial charge in [0.2, 0.25) is 0 Å². The molecule has 0 aromatic heterocycles. The zero-order valence-electron chi connectivity index (χ0n) is 1.72. The van der Waals surface area contributed by atoms with Gasteiger partial charge in [0.15, 0.2) is 17.4 Å². The molecule has 5 heteroatoms. The maximum Gasteiger partial charge on any atom is 0.187 e. The van der Waals surface area contributed by atoms with Gasteiger partial charge in [0, 0.05) is 41.7 Å². The minimum absolute atomic E-state index is 0. The van der Waals surface area contributed by atoms with Gasteiger partial charge in [-0.25, -0.2) is 0 Å². The van der Waals surface area contributed by atoms with Gasteiger partial charge < -0.3 is 0 Å². The molecule has 0 aromatic rings. The molecule has 0 saturated carbocycles. The number of rotatable bonds is 0. The van der Waals surface area contributed by atoms with Crippen LogP contribution in [0.25, 0.3) is 0 Å². The van der Waals surface area contributed by atoms with Gasteiger partial charge in [-0.2, -0.15) is 0 Å². The van der Waals surface area contributed by atoms with Crippen LogP contribution in [-0.4, -0.2) is 17.4 Å². The third kappa shape index (κ3) is 20.0. The first-order valence-electron chi connectivity index (χ1n) is 0. The molecular weight excluding hydrogens is 273 g/mol. The van der Waals surface area contributed by atoms with Crippen molar-refractivity contribution in [3.8, 4) is 0 Å². The Labute approximate surface area is 94.6 Å². The Kier molecular flexibility index (Phi) is 271. The normalized spacial score (nSPS) is 0. The SMILES string of the molecule is Cl.Cl.Cl.[AlH3].[Ce]. The summed E-state index contributed by atoms with van der Waals surface area (Å²) < 4.78 is 0. The van der Waals surface area contributed by atoms with Crippen molar-refractivity contribution < 1.29 is 41.7 Å². The van der Waals surface area contributed by atoms with E-state index in [-0.39, 0.29) is 96.3 Å². The van der Waals surface area contributed by atoms with E-state index in [1.807, 2.05) is 0 Å². The van der Waals surface area contributed by atoms with E-state index in [2.05, 4.69) is 0 Å². The quantitative estimate of drug-likeness (QED) is 0.551. The van der Waals surface area contributed by atoms with E-state index >= 15 is 0 Å². The van der Waals surface area contributed by atoms with Crippen LogP contribution in [-0.2, 0) is 0 Å². The summed E-state index contributed by atoms with van der Waals surface area (Å²) in [7, 11) is 0. The van der Waals surface area contributed by atoms with Crippen molar-refractivity contribution >= 4 is 54.6 Å². The van der Waals surface area contributed by atoms with Gasteiger partial charge in [0.05, 0.1) is 0 Å². The maximum atomic E-state index is 0. The van der Waals surface area contributed by atoms with Gasteiger partial charge in [-0.05, 0) is 0 Å². The molecule has 0 amide bonds. The average Bonchev–Trinajstić information content (AvgIpc) is 0. The molecular formula is H6AlCeCl3. The molecule has 5 heavy (non-hydrogen) atoms. The summed E-state index contributed by atoms with van der Waals surface area (Å²) in [6, 6.07) is 0. The summed E-state index contributed by atoms with van der Waals surface area (Å²) in [5, 5.41) is 0. The zero-order valence-corrected chi connectivity index (χ0v) is 7.31. The van der Waals surface area contributed by atoms with Gasteiger partial charge in [-0.1, -0.05) is 0 Å². The zero-order chi connectivity index (χ0) is 0. The Balaban J connectivity index is 0. The molecule has 34 valence electrons. The summed E-state index contributed by atoms with van der Waals surface area (Å²) in [5.41, 5.74) is 0. The van der Waals surface area contributed by atoms with Crippen molar-refractivity contribution in [1.82, 2.24) is 0 Å². The summed E-state index contributed by atoms with van der Waals surface area (Å²) in [6.45, 7) is 0. The first-order valence-corrected chi connectivity index (χ1v) is 0. The van der Waals surface area contributed by atoms with Crippen molar-refractivity contribution in [2.75, 3.05) is 0 Å². The number of halogens is 3. The topological polar surface area (TPSA) is 0 Å². The molecule has 0 aliphatic carbocycles. The fourth-order valence-electron chi connectivity index (χ4n) is 0. The molecule has 0 N–H and O–H groups in total. The first kappa shape index (κ1) is 46.3. The minimum atomic E-state index is 0. The number of hydrogen-bond acceptors (Lipinski definition) is 0. The maximum absolute atomic E-state index is 0. The van der Waals surface area contributed by atoms with Crippen LogP contribution in [0.3, 0.4) is 0 Å². The molecule has 0 radical (unpaired) electrons. The van der Waals surface area contributed by atoms with E-state index in [9.17, 15) is 0 Å². The second-order valence-corrected chi connectivity index (χ2v) is 0. The van der Waals surface area contributed by atoms with Crippen LogP contribution < -0.4 is 0 Å². The van der Waals surface area contributed by atoms with E-state index < -0.39 is 0 Å². The molecule has 0 nitrogen and oxygen atoms in total. The van der Waals surface area contributed by atoms with Crippen LogP contribution in [0, 0.1) is 41.7 Å². The van der Waals surface area contributed by atoms with Gasteiger partial charge in [0.1, 0.15) is 0 Å². The van der Waals surface area contributed by atoms with Gasteiger partial charge >= 0.3 is 0 Å². The Morgan fingerprint density at radius 2 is 0.600 bits per heavy atom. The van der Waals surface area contributed by atoms with E-state index in [1.54, 1.807) is 0 Å². The van der Waals surface area contributed by atoms with Crippen molar-refractivity contribution in [2.24, 2.45) is 0 Å². The molecule has 0 saturated heterocycles. The third-order valence-electron chi connectivity index (χ3n) is 0. The van der Waals surface area contributed by atoms with Crippen LogP contribution in [0.2, 0.25) is 0 Å². The van der Waals surface area contributed by atoms with Crippen molar-refractivity contribution in [1.29, 1.82) is 0 Å². The fourth-order valence-corrected chi connectivity index (χ4v) is 0. The molecule has 0 bridgehead atoms. The van der Waals surface area contributed by atoms with E-state index in [0.717, 1.165) is 0 Å². The van der Waals surface area contributed by atoms with Crippen LogP contribution in [0.5, 0.6) is 0 Å². The minimum Gasteiger partial charge on any atom is -0.147 e. The summed E-state index contributed by atoms with van der Waals surface area (Å²) in [5.74, 6) is 0. The predicted octanol–water partition coefficient (Wildman–Crippen LogP) is 0.0815. The van der Waals surface area contributed by atoms with Crippen LogP contribution in [0.15, 0.2) is 0 Å². The predicted molar refractivity (Wildman–Crippen MR) is 31.7 cm³/mol. The molecule has 0 heterocycles. The molecule has 0 unspecified atom stereocenters. The van der Waals surface area contributed by atoms with Crippen molar-refractivity contribution in [3.05, 3.63) is 0 Å². The first-order chi connectivity index (χ1) is 0. The molecule has 0 rings (SSSR count). The van der Waals surface area contributed by atoms with Gasteiger partial charge in [0.25, 0.3) is 0 Å². The Bertz CT molecular complexity index is 6.85. The molecule has 0 spiro atoms. The standard InChI is InChI=1S/Al.Ce.3ClH.3H/h;;3*1H;;;. The number of hydrogen-bond donors (Lipinski definition) is 0. The summed E-state index contributed by atoms with van der Waals surface area (Å²) in [6.07, 6.45) is 0. The van der Waals surface area contributed by atoms with Crippen molar-refractivity contribution in [2.45, 2.75) is 0 Å². The molecule has 0 atom stereocenters. The Hall–Kier alpha value is 2.78. The second-order valence-electron chi connectivity index (χ2n) is 0. The van der Waals surface area contributed by atoms with Gasteiger partial charge in [-0.15, -0.1) is 37.2 Å². The summed E-state index contributed by atoms with van der Waals surface area (Å²) >= 11 is 0. The molecule has 0 aromatic carbocycles. The van der Waals surface area contributed by atoms with Gasteiger partial charge in [-0.3, -0.25) is 0 Å². The van der Waals surface area contributed by atoms with E-state index in [4.69, 9.17) is 0 Å². The third-order valence-corrected chi connectivity index (χ3v) is 0. The van der Waals surface area contributed by atoms with Crippen LogP contribution >= 0.6 is 37.2 Å². The molecule has 0 aliphatic heterocycles. The van der Waals surface area contributed by atoms with E-state index in [0.29, 0.717) is 0 Å². The van der Waals surface area contributed by atoms with Crippen molar-refractivity contribution in [3.63, 3.8) is 0 Å². The van der Waals surface area contributed by atoms with E-state index in [1.165, 1.54) is 0 Å². The monoisotopic (exact) mass is 278 g/mol. The second kappa shape index (κ2) is 29.3. The molecule has 0 aliphatic rings. The summed E-state index contributed by atoms with van der Waals surface area (Å²) in [4.78, 5) is 0. The Morgan fingerprint density at radius 3 is 0.600 bits per heavy atom. The fraction of sp³-hybridized carbons (Fsp3) is 0. The smallest absolute Gasteiger partial charge is 0.147 e. The average molecular weight is 280 g/mol.